The van der Waals surface area contributed by atoms with Crippen LogP contribution in [0.2, 0.25) is 0 Å². The first kappa shape index (κ1) is 17.1. The zero-order chi connectivity index (χ0) is 17.8. The van der Waals surface area contributed by atoms with Crippen LogP contribution < -0.4 is 9.47 Å². The first-order valence-electron chi connectivity index (χ1n) is 7.68. The normalized spacial score (nSPS) is 11.2. The Kier molecular flexibility index (Phi) is 5.06. The predicted octanol–water partition coefficient (Wildman–Crippen LogP) is 5.68. The molecule has 0 aromatic heterocycles. The minimum Gasteiger partial charge on any atom is -0.493 e. The van der Waals surface area contributed by atoms with Crippen molar-refractivity contribution in [2.24, 2.45) is 0 Å². The maximum Gasteiger partial charge on any atom is 0.161 e. The second-order valence-electron chi connectivity index (χ2n) is 5.46. The van der Waals surface area contributed by atoms with Gasteiger partial charge in [-0.15, -0.1) is 0 Å². The molecule has 0 amide bonds. The molecule has 0 radical (unpaired) electrons. The average molecular weight is 394 g/mol. The van der Waals surface area contributed by atoms with Gasteiger partial charge in [-0.25, -0.2) is 0 Å². The van der Waals surface area contributed by atoms with Crippen LogP contribution in [0.25, 0.3) is 22.4 Å². The third-order valence-electron chi connectivity index (χ3n) is 3.98. The monoisotopic (exact) mass is 393 g/mol. The van der Waals surface area contributed by atoms with Gasteiger partial charge in [0.1, 0.15) is 0 Å². The predicted molar refractivity (Wildman–Crippen MR) is 105 cm³/mol. The molecular weight excluding hydrogens is 378 g/mol. The van der Waals surface area contributed by atoms with Gasteiger partial charge in [0.05, 0.1) is 25.9 Å². The SMILES string of the molecule is COc1cc(Br)c(/C=C(/C#N)c2ccc3ccccc3c2)cc1OC. The Labute approximate surface area is 155 Å². The highest BCUT2D eigenvalue weighted by Crippen LogP contribution is 2.35. The molecule has 3 rings (SSSR count). The summed E-state index contributed by atoms with van der Waals surface area (Å²) in [6.07, 6.45) is 1.84. The van der Waals surface area contributed by atoms with Crippen molar-refractivity contribution in [3.05, 3.63) is 70.2 Å². The van der Waals surface area contributed by atoms with Gasteiger partial charge in [-0.1, -0.05) is 52.3 Å². The summed E-state index contributed by atoms with van der Waals surface area (Å²) in [6, 6.07) is 20.1. The Bertz CT molecular complexity index is 1000. The van der Waals surface area contributed by atoms with Crippen molar-refractivity contribution in [1.82, 2.24) is 0 Å². The molecular formula is C21H16BrNO2. The highest BCUT2D eigenvalue weighted by atomic mass is 79.9. The lowest BCUT2D eigenvalue weighted by atomic mass is 10.00. The maximum absolute atomic E-state index is 9.64. The Hall–Kier alpha value is -2.77. The van der Waals surface area contributed by atoms with E-state index in [1.165, 1.54) is 0 Å². The zero-order valence-electron chi connectivity index (χ0n) is 13.9. The van der Waals surface area contributed by atoms with Crippen LogP contribution in [0.1, 0.15) is 11.1 Å². The first-order valence-corrected chi connectivity index (χ1v) is 8.48. The highest BCUT2D eigenvalue weighted by Gasteiger charge is 2.10. The zero-order valence-corrected chi connectivity index (χ0v) is 15.5. The molecule has 0 saturated carbocycles. The van der Waals surface area contributed by atoms with E-state index in [1.807, 2.05) is 54.6 Å². The van der Waals surface area contributed by atoms with E-state index >= 15 is 0 Å². The van der Waals surface area contributed by atoms with E-state index in [0.29, 0.717) is 17.1 Å². The Morgan fingerprint density at radius 3 is 2.32 bits per heavy atom. The number of nitrogens with zero attached hydrogens (tertiary/aromatic N) is 1. The van der Waals surface area contributed by atoms with Crippen LogP contribution in [0.4, 0.5) is 0 Å². The van der Waals surface area contributed by atoms with E-state index in [2.05, 4.69) is 28.1 Å². The molecule has 3 aromatic carbocycles. The van der Waals surface area contributed by atoms with Crippen LogP contribution >= 0.6 is 15.9 Å². The number of fused-ring (bicyclic) bond motifs is 1. The Morgan fingerprint density at radius 2 is 1.64 bits per heavy atom. The van der Waals surface area contributed by atoms with Gasteiger partial charge < -0.3 is 9.47 Å². The fourth-order valence-corrected chi connectivity index (χ4v) is 3.11. The highest BCUT2D eigenvalue weighted by molar-refractivity contribution is 9.10. The van der Waals surface area contributed by atoms with E-state index in [1.54, 1.807) is 14.2 Å². The van der Waals surface area contributed by atoms with Crippen molar-refractivity contribution >= 4 is 38.4 Å². The van der Waals surface area contributed by atoms with Crippen LogP contribution in [-0.2, 0) is 0 Å². The van der Waals surface area contributed by atoms with Crippen LogP contribution in [-0.4, -0.2) is 14.2 Å². The minimum atomic E-state index is 0.582. The Morgan fingerprint density at radius 1 is 0.960 bits per heavy atom. The number of nitriles is 1. The quantitative estimate of drug-likeness (QED) is 0.422. The van der Waals surface area contributed by atoms with Crippen molar-refractivity contribution in [3.63, 3.8) is 0 Å². The van der Waals surface area contributed by atoms with Gasteiger partial charge in [0, 0.05) is 4.47 Å². The molecule has 0 atom stereocenters. The summed E-state index contributed by atoms with van der Waals surface area (Å²) in [6.45, 7) is 0. The largest absolute Gasteiger partial charge is 0.493 e. The second kappa shape index (κ2) is 7.42. The molecule has 0 heterocycles. The number of benzene rings is 3. The van der Waals surface area contributed by atoms with Crippen molar-refractivity contribution in [2.45, 2.75) is 0 Å². The molecule has 0 unspecified atom stereocenters. The summed E-state index contributed by atoms with van der Waals surface area (Å²) < 4.78 is 11.5. The molecule has 0 aliphatic heterocycles. The third kappa shape index (κ3) is 3.52. The van der Waals surface area contributed by atoms with Crippen LogP contribution in [0.5, 0.6) is 11.5 Å². The van der Waals surface area contributed by atoms with Gasteiger partial charge in [0.15, 0.2) is 11.5 Å². The van der Waals surface area contributed by atoms with Crippen molar-refractivity contribution in [3.8, 4) is 17.6 Å². The summed E-state index contributed by atoms with van der Waals surface area (Å²) in [4.78, 5) is 0. The van der Waals surface area contributed by atoms with E-state index in [4.69, 9.17) is 9.47 Å². The number of methoxy groups -OCH3 is 2. The lowest BCUT2D eigenvalue weighted by molar-refractivity contribution is 0.354. The van der Waals surface area contributed by atoms with E-state index in [9.17, 15) is 5.26 Å². The maximum atomic E-state index is 9.64. The van der Waals surface area contributed by atoms with Gasteiger partial charge in [0.2, 0.25) is 0 Å². The smallest absolute Gasteiger partial charge is 0.161 e. The summed E-state index contributed by atoms with van der Waals surface area (Å²) in [5.74, 6) is 1.25. The molecule has 3 nitrogen and oxygen atoms in total. The molecule has 0 saturated heterocycles. The molecule has 25 heavy (non-hydrogen) atoms. The Balaban J connectivity index is 2.09. The standard InChI is InChI=1S/C21H16BrNO2/c1-24-20-11-17(19(22)12-21(20)25-2)10-18(13-23)16-8-7-14-5-3-4-6-15(14)9-16/h3-12H,1-2H3/b18-10-. The summed E-state index contributed by atoms with van der Waals surface area (Å²) in [5, 5.41) is 11.9. The van der Waals surface area contributed by atoms with Crippen LogP contribution in [0, 0.1) is 11.3 Å². The van der Waals surface area contributed by atoms with Crippen molar-refractivity contribution in [2.75, 3.05) is 14.2 Å². The molecule has 0 fully saturated rings. The summed E-state index contributed by atoms with van der Waals surface area (Å²) in [5.41, 5.74) is 2.31. The minimum absolute atomic E-state index is 0.582. The number of halogens is 1. The van der Waals surface area contributed by atoms with E-state index in [-0.39, 0.29) is 0 Å². The van der Waals surface area contributed by atoms with E-state index in [0.717, 1.165) is 26.4 Å². The van der Waals surface area contributed by atoms with Crippen molar-refractivity contribution in [1.29, 1.82) is 5.26 Å². The average Bonchev–Trinajstić information content (AvgIpc) is 2.66. The second-order valence-corrected chi connectivity index (χ2v) is 6.31. The summed E-state index contributed by atoms with van der Waals surface area (Å²) in [7, 11) is 3.18. The topological polar surface area (TPSA) is 42.2 Å². The van der Waals surface area contributed by atoms with Gasteiger partial charge in [0.25, 0.3) is 0 Å². The molecule has 3 aromatic rings. The number of hydrogen-bond donors (Lipinski definition) is 0. The van der Waals surface area contributed by atoms with Gasteiger partial charge in [-0.2, -0.15) is 5.26 Å². The van der Waals surface area contributed by atoms with E-state index < -0.39 is 0 Å². The van der Waals surface area contributed by atoms with Crippen LogP contribution in [0.3, 0.4) is 0 Å². The molecule has 4 heteroatoms. The molecule has 0 aliphatic carbocycles. The number of rotatable bonds is 4. The van der Waals surface area contributed by atoms with Gasteiger partial charge >= 0.3 is 0 Å². The molecule has 0 spiro atoms. The van der Waals surface area contributed by atoms with Crippen molar-refractivity contribution < 1.29 is 9.47 Å². The first-order chi connectivity index (χ1) is 12.2. The number of allylic oxidation sites excluding steroid dienone is 1. The molecule has 0 N–H and O–H groups in total. The molecule has 124 valence electrons. The fourth-order valence-electron chi connectivity index (χ4n) is 2.67. The number of ether oxygens (including phenoxy) is 2. The molecule has 0 aliphatic rings. The van der Waals surface area contributed by atoms with Crippen LogP contribution in [0.15, 0.2) is 59.1 Å². The number of hydrogen-bond acceptors (Lipinski definition) is 3. The third-order valence-corrected chi connectivity index (χ3v) is 4.67. The lowest BCUT2D eigenvalue weighted by Crippen LogP contribution is -1.92. The summed E-state index contributed by atoms with van der Waals surface area (Å²) >= 11 is 3.53. The molecule has 0 bridgehead atoms. The van der Waals surface area contributed by atoms with Gasteiger partial charge in [-0.3, -0.25) is 0 Å². The lowest BCUT2D eigenvalue weighted by Gasteiger charge is -2.10. The van der Waals surface area contributed by atoms with Gasteiger partial charge in [-0.05, 0) is 46.2 Å². The fraction of sp³-hybridized carbons (Fsp3) is 0.0952.